The van der Waals surface area contributed by atoms with Crippen molar-refractivity contribution >= 4 is 15.7 Å². The van der Waals surface area contributed by atoms with Gasteiger partial charge in [-0.15, -0.1) is 0 Å². The number of hydrogen-bond acceptors (Lipinski definition) is 5. The third-order valence-electron chi connectivity index (χ3n) is 4.97. The van der Waals surface area contributed by atoms with Crippen LogP contribution in [-0.4, -0.2) is 43.3 Å². The number of alkyl halides is 3. The van der Waals surface area contributed by atoms with Crippen LogP contribution in [0.15, 0.2) is 53.7 Å². The number of pyridine rings is 2. The third kappa shape index (κ3) is 4.91. The molecule has 2 heterocycles. The van der Waals surface area contributed by atoms with E-state index in [1.165, 1.54) is 32.0 Å². The molecule has 1 aromatic carbocycles. The van der Waals surface area contributed by atoms with Crippen molar-refractivity contribution in [2.24, 2.45) is 0 Å². The molecule has 0 aliphatic rings. The van der Waals surface area contributed by atoms with Crippen LogP contribution in [0.25, 0.3) is 0 Å². The Morgan fingerprint density at radius 2 is 1.65 bits per heavy atom. The molecule has 0 fully saturated rings. The number of nitrogens with zero attached hydrogens (tertiary/aromatic N) is 3. The third-order valence-corrected chi connectivity index (χ3v) is 6.99. The van der Waals surface area contributed by atoms with Gasteiger partial charge in [-0.05, 0) is 54.4 Å². The molecule has 3 aromatic rings. The second-order valence-corrected chi connectivity index (χ2v) is 9.63. The quantitative estimate of drug-likeness (QED) is 0.488. The number of amides is 1. The summed E-state index contributed by atoms with van der Waals surface area (Å²) >= 11 is 0. The van der Waals surface area contributed by atoms with E-state index < -0.39 is 55.0 Å². The molecule has 0 saturated carbocycles. The van der Waals surface area contributed by atoms with E-state index in [-0.39, 0.29) is 16.8 Å². The van der Waals surface area contributed by atoms with E-state index in [2.05, 4.69) is 9.97 Å². The molecule has 0 N–H and O–H groups in total. The lowest BCUT2D eigenvalue weighted by molar-refractivity contribution is -0.141. The molecule has 0 spiro atoms. The summed E-state index contributed by atoms with van der Waals surface area (Å²) in [5.74, 6) is -2.45. The van der Waals surface area contributed by atoms with Gasteiger partial charge in [0.1, 0.15) is 28.3 Å². The van der Waals surface area contributed by atoms with Crippen LogP contribution in [0.2, 0.25) is 0 Å². The SMILES string of the molecule is Cc1cc(C(=O)N(C)C)ncc1C(c1cc(F)ccc1F)S(=O)(=O)c1ccc(C(F)(F)F)nc1. The molecule has 1 amide bonds. The minimum atomic E-state index is -4.80. The van der Waals surface area contributed by atoms with Crippen LogP contribution in [0.5, 0.6) is 0 Å². The molecule has 1 unspecified atom stereocenters. The first-order chi connectivity index (χ1) is 15.7. The molecule has 180 valence electrons. The first kappa shape index (κ1) is 25.2. The zero-order valence-electron chi connectivity index (χ0n) is 18.1. The van der Waals surface area contributed by atoms with Crippen molar-refractivity contribution < 1.29 is 35.2 Å². The molecule has 1 atom stereocenters. The summed E-state index contributed by atoms with van der Waals surface area (Å²) in [6, 6.07) is 4.70. The van der Waals surface area contributed by atoms with Gasteiger partial charge in [0.15, 0.2) is 9.84 Å². The Bertz CT molecular complexity index is 1340. The Hall–Kier alpha value is -3.41. The zero-order valence-corrected chi connectivity index (χ0v) is 18.9. The van der Waals surface area contributed by atoms with Crippen molar-refractivity contribution in [2.45, 2.75) is 23.2 Å². The lowest BCUT2D eigenvalue weighted by atomic mass is 10.0. The van der Waals surface area contributed by atoms with E-state index in [0.717, 1.165) is 18.3 Å². The number of hydrogen-bond donors (Lipinski definition) is 0. The molecule has 12 heteroatoms. The Morgan fingerprint density at radius 1 is 0.971 bits per heavy atom. The maximum absolute atomic E-state index is 14.7. The van der Waals surface area contributed by atoms with Crippen molar-refractivity contribution in [2.75, 3.05) is 14.1 Å². The minimum Gasteiger partial charge on any atom is -0.343 e. The van der Waals surface area contributed by atoms with Crippen molar-refractivity contribution in [3.05, 3.63) is 88.5 Å². The number of rotatable bonds is 5. The summed E-state index contributed by atoms with van der Waals surface area (Å²) in [5, 5.41) is -1.88. The van der Waals surface area contributed by atoms with E-state index in [1.54, 1.807) is 0 Å². The Labute approximate surface area is 192 Å². The molecule has 3 rings (SSSR count). The first-order valence-electron chi connectivity index (χ1n) is 9.63. The second-order valence-electron chi connectivity index (χ2n) is 7.59. The Morgan fingerprint density at radius 3 is 2.18 bits per heavy atom. The van der Waals surface area contributed by atoms with Crippen molar-refractivity contribution in [3.63, 3.8) is 0 Å². The molecule has 0 aliphatic heterocycles. The van der Waals surface area contributed by atoms with Crippen molar-refractivity contribution in [1.82, 2.24) is 14.9 Å². The highest BCUT2D eigenvalue weighted by atomic mass is 32.2. The van der Waals surface area contributed by atoms with Gasteiger partial charge in [0.2, 0.25) is 0 Å². The molecular weight excluding hydrogens is 481 g/mol. The molecule has 6 nitrogen and oxygen atoms in total. The molecule has 0 bridgehead atoms. The number of sulfone groups is 1. The smallest absolute Gasteiger partial charge is 0.343 e. The van der Waals surface area contributed by atoms with Gasteiger partial charge >= 0.3 is 6.18 Å². The van der Waals surface area contributed by atoms with Gasteiger partial charge in [-0.1, -0.05) is 0 Å². The van der Waals surface area contributed by atoms with Crippen LogP contribution in [0.4, 0.5) is 22.0 Å². The number of halogens is 5. The van der Waals surface area contributed by atoms with Gasteiger partial charge in [-0.2, -0.15) is 13.2 Å². The summed E-state index contributed by atoms with van der Waals surface area (Å²) in [6.45, 7) is 1.45. The standard InChI is InChI=1S/C22H18F5N3O3S/c1-12-8-18(21(31)30(2)3)28-11-16(12)20(15-9-13(23)4-6-17(15)24)34(32,33)14-5-7-19(29-10-14)22(25,26)27/h4-11,20H,1-3H3. The molecule has 0 aliphatic carbocycles. The van der Waals surface area contributed by atoms with E-state index in [0.29, 0.717) is 24.4 Å². The average Bonchev–Trinajstić information content (AvgIpc) is 2.76. The maximum Gasteiger partial charge on any atom is 0.433 e. The van der Waals surface area contributed by atoms with Crippen molar-refractivity contribution in [1.29, 1.82) is 0 Å². The molecular formula is C22H18F5N3O3S. The zero-order chi connectivity index (χ0) is 25.4. The summed E-state index contributed by atoms with van der Waals surface area (Å²) in [7, 11) is -1.68. The number of carbonyl (C=O) groups excluding carboxylic acids is 1. The van der Waals surface area contributed by atoms with Crippen LogP contribution in [-0.2, 0) is 16.0 Å². The average molecular weight is 499 g/mol. The van der Waals surface area contributed by atoms with Crippen molar-refractivity contribution in [3.8, 4) is 0 Å². The van der Waals surface area contributed by atoms with E-state index >= 15 is 0 Å². The van der Waals surface area contributed by atoms with Gasteiger partial charge < -0.3 is 4.90 Å². The van der Waals surface area contributed by atoms with Gasteiger partial charge in [0.25, 0.3) is 5.91 Å². The fraction of sp³-hybridized carbons (Fsp3) is 0.227. The van der Waals surface area contributed by atoms with E-state index in [1.807, 2.05) is 0 Å². The normalized spacial score (nSPS) is 12.9. The van der Waals surface area contributed by atoms with Crippen LogP contribution < -0.4 is 0 Å². The van der Waals surface area contributed by atoms with E-state index in [9.17, 15) is 35.2 Å². The Balaban J connectivity index is 2.23. The summed E-state index contributed by atoms with van der Waals surface area (Å²) in [4.78, 5) is 20.0. The van der Waals surface area contributed by atoms with Crippen LogP contribution in [0.1, 0.15) is 38.1 Å². The Kier molecular flexibility index (Phi) is 6.74. The maximum atomic E-state index is 14.7. The van der Waals surface area contributed by atoms with Crippen LogP contribution in [0, 0.1) is 18.6 Å². The predicted octanol–water partition coefficient (Wildman–Crippen LogP) is 4.35. The topological polar surface area (TPSA) is 80.2 Å². The number of aromatic nitrogens is 2. The number of aryl methyl sites for hydroxylation is 1. The summed E-state index contributed by atoms with van der Waals surface area (Å²) < 4.78 is 94.4. The van der Waals surface area contributed by atoms with Gasteiger partial charge in [-0.3, -0.25) is 14.8 Å². The molecule has 0 saturated heterocycles. The largest absolute Gasteiger partial charge is 0.433 e. The number of carbonyl (C=O) groups is 1. The fourth-order valence-corrected chi connectivity index (χ4v) is 5.08. The molecule has 34 heavy (non-hydrogen) atoms. The van der Waals surface area contributed by atoms with Gasteiger partial charge in [0, 0.05) is 32.1 Å². The first-order valence-corrected chi connectivity index (χ1v) is 11.2. The molecule has 0 radical (unpaired) electrons. The highest BCUT2D eigenvalue weighted by Crippen LogP contribution is 2.38. The van der Waals surface area contributed by atoms with Crippen LogP contribution in [0.3, 0.4) is 0 Å². The second kappa shape index (κ2) is 9.09. The molecule has 2 aromatic heterocycles. The highest BCUT2D eigenvalue weighted by Gasteiger charge is 2.37. The summed E-state index contributed by atoms with van der Waals surface area (Å²) in [5.41, 5.74) is -1.77. The van der Waals surface area contributed by atoms with Gasteiger partial charge in [-0.25, -0.2) is 17.2 Å². The minimum absolute atomic E-state index is 0.0155. The lowest BCUT2D eigenvalue weighted by Gasteiger charge is -2.22. The highest BCUT2D eigenvalue weighted by molar-refractivity contribution is 7.91. The monoisotopic (exact) mass is 499 g/mol. The van der Waals surface area contributed by atoms with E-state index in [4.69, 9.17) is 0 Å². The summed E-state index contributed by atoms with van der Waals surface area (Å²) in [6.07, 6.45) is -3.24. The lowest BCUT2D eigenvalue weighted by Crippen LogP contribution is -2.24. The predicted molar refractivity (Wildman–Crippen MR) is 112 cm³/mol. The fourth-order valence-electron chi connectivity index (χ4n) is 3.26. The number of benzene rings is 1. The van der Waals surface area contributed by atoms with Crippen LogP contribution >= 0.6 is 0 Å². The van der Waals surface area contributed by atoms with Gasteiger partial charge in [0.05, 0.1) is 4.90 Å².